The van der Waals surface area contributed by atoms with Crippen molar-refractivity contribution in [1.29, 1.82) is 0 Å². The Bertz CT molecular complexity index is 780. The second kappa shape index (κ2) is 11.1. The average Bonchev–Trinajstić information content (AvgIpc) is 3.20. The third-order valence-electron chi connectivity index (χ3n) is 4.25. The van der Waals surface area contributed by atoms with Gasteiger partial charge in [0.05, 0.1) is 13.0 Å². The SMILES string of the molecule is I.NC(=NCCNC(=O)Cc1cccc(F)c1)N1CCN(c2nccs2)CC1. The molecule has 1 saturated heterocycles. The first-order valence-electron chi connectivity index (χ1n) is 8.82. The number of guanidine groups is 1. The van der Waals surface area contributed by atoms with E-state index in [-0.39, 0.29) is 42.1 Å². The molecule has 3 N–H and O–H groups in total. The molecule has 1 fully saturated rings. The van der Waals surface area contributed by atoms with E-state index in [0.29, 0.717) is 24.6 Å². The number of benzene rings is 1. The summed E-state index contributed by atoms with van der Waals surface area (Å²) in [4.78, 5) is 24.8. The summed E-state index contributed by atoms with van der Waals surface area (Å²) in [6.45, 7) is 4.10. The molecule has 0 saturated carbocycles. The number of nitrogens with zero attached hydrogens (tertiary/aromatic N) is 4. The van der Waals surface area contributed by atoms with Crippen molar-refractivity contribution in [3.8, 4) is 0 Å². The van der Waals surface area contributed by atoms with Crippen molar-refractivity contribution in [2.45, 2.75) is 6.42 Å². The summed E-state index contributed by atoms with van der Waals surface area (Å²) >= 11 is 1.63. The summed E-state index contributed by atoms with van der Waals surface area (Å²) in [5, 5.41) is 5.78. The van der Waals surface area contributed by atoms with Crippen molar-refractivity contribution in [2.75, 3.05) is 44.2 Å². The van der Waals surface area contributed by atoms with Crippen LogP contribution in [-0.4, -0.2) is 61.0 Å². The van der Waals surface area contributed by atoms with Gasteiger partial charge < -0.3 is 20.9 Å². The predicted octanol–water partition coefficient (Wildman–Crippen LogP) is 1.70. The number of carbonyl (C=O) groups is 1. The maximum Gasteiger partial charge on any atom is 0.224 e. The molecule has 0 spiro atoms. The Morgan fingerprint density at radius 2 is 2.11 bits per heavy atom. The number of piperazine rings is 1. The molecule has 1 amide bonds. The van der Waals surface area contributed by atoms with E-state index < -0.39 is 0 Å². The fourth-order valence-electron chi connectivity index (χ4n) is 2.86. The van der Waals surface area contributed by atoms with Crippen LogP contribution in [0.4, 0.5) is 9.52 Å². The molecule has 28 heavy (non-hydrogen) atoms. The molecule has 2 aromatic rings. The van der Waals surface area contributed by atoms with Crippen molar-refractivity contribution in [3.63, 3.8) is 0 Å². The molecule has 10 heteroatoms. The number of carbonyl (C=O) groups excluding carboxylic acids is 1. The normalized spacial score (nSPS) is 14.5. The molecule has 152 valence electrons. The Hall–Kier alpha value is -1.95. The van der Waals surface area contributed by atoms with Crippen LogP contribution in [0.5, 0.6) is 0 Å². The molecule has 7 nitrogen and oxygen atoms in total. The number of aromatic nitrogens is 1. The molecule has 3 rings (SSSR count). The second-order valence-electron chi connectivity index (χ2n) is 6.19. The first kappa shape index (κ1) is 22.3. The Kier molecular flexibility index (Phi) is 8.90. The second-order valence-corrected chi connectivity index (χ2v) is 7.06. The van der Waals surface area contributed by atoms with Gasteiger partial charge in [0.25, 0.3) is 0 Å². The van der Waals surface area contributed by atoms with Crippen LogP contribution in [0, 0.1) is 5.82 Å². The molecule has 2 heterocycles. The summed E-state index contributed by atoms with van der Waals surface area (Å²) < 4.78 is 13.1. The topological polar surface area (TPSA) is 86.8 Å². The molecule has 0 aliphatic carbocycles. The van der Waals surface area contributed by atoms with Gasteiger partial charge in [0, 0.05) is 44.3 Å². The van der Waals surface area contributed by atoms with Crippen LogP contribution in [0.25, 0.3) is 0 Å². The number of hydrogen-bond donors (Lipinski definition) is 2. The summed E-state index contributed by atoms with van der Waals surface area (Å²) in [5.74, 6) is -0.00719. The van der Waals surface area contributed by atoms with Gasteiger partial charge in [-0.25, -0.2) is 9.37 Å². The molecule has 0 atom stereocenters. The maximum atomic E-state index is 13.1. The third kappa shape index (κ3) is 6.59. The van der Waals surface area contributed by atoms with Crippen LogP contribution in [0.15, 0.2) is 40.8 Å². The van der Waals surface area contributed by atoms with E-state index in [4.69, 9.17) is 5.73 Å². The van der Waals surface area contributed by atoms with Gasteiger partial charge >= 0.3 is 0 Å². The number of amides is 1. The Morgan fingerprint density at radius 3 is 2.79 bits per heavy atom. The lowest BCUT2D eigenvalue weighted by Gasteiger charge is -2.35. The van der Waals surface area contributed by atoms with Crippen LogP contribution in [0.3, 0.4) is 0 Å². The highest BCUT2D eigenvalue weighted by Crippen LogP contribution is 2.18. The Labute approximate surface area is 184 Å². The molecule has 0 unspecified atom stereocenters. The maximum absolute atomic E-state index is 13.1. The van der Waals surface area contributed by atoms with Gasteiger partial charge in [-0.15, -0.1) is 35.3 Å². The number of nitrogens with two attached hydrogens (primary N) is 1. The zero-order valence-corrected chi connectivity index (χ0v) is 18.5. The molecule has 1 aliphatic heterocycles. The minimum absolute atomic E-state index is 0. The average molecular weight is 518 g/mol. The van der Waals surface area contributed by atoms with Crippen LogP contribution < -0.4 is 16.0 Å². The molecule has 1 aliphatic rings. The van der Waals surface area contributed by atoms with E-state index in [1.54, 1.807) is 23.5 Å². The van der Waals surface area contributed by atoms with Gasteiger partial charge in [-0.3, -0.25) is 9.79 Å². The van der Waals surface area contributed by atoms with E-state index in [1.807, 2.05) is 16.5 Å². The fourth-order valence-corrected chi connectivity index (χ4v) is 3.56. The summed E-state index contributed by atoms with van der Waals surface area (Å²) in [6, 6.07) is 6.04. The lowest BCUT2D eigenvalue weighted by molar-refractivity contribution is -0.120. The highest BCUT2D eigenvalue weighted by Gasteiger charge is 2.19. The smallest absolute Gasteiger partial charge is 0.224 e. The number of hydrogen-bond acceptors (Lipinski definition) is 5. The lowest BCUT2D eigenvalue weighted by Crippen LogP contribution is -2.51. The molecule has 1 aromatic heterocycles. The third-order valence-corrected chi connectivity index (χ3v) is 5.09. The van der Waals surface area contributed by atoms with Crippen molar-refractivity contribution < 1.29 is 9.18 Å². The molecule has 0 radical (unpaired) electrons. The molecule has 0 bridgehead atoms. The summed E-state index contributed by atoms with van der Waals surface area (Å²) in [6.07, 6.45) is 1.96. The van der Waals surface area contributed by atoms with Crippen LogP contribution in [0.2, 0.25) is 0 Å². The monoisotopic (exact) mass is 518 g/mol. The standard InChI is InChI=1S/C18H23FN6OS.HI/c19-15-3-1-2-14(12-15)13-16(26)21-4-5-22-17(20)24-7-9-25(10-8-24)18-23-6-11-27-18;/h1-3,6,11-12H,4-5,7-10,13H2,(H2,20,22)(H,21,26);1H. The molecular weight excluding hydrogens is 494 g/mol. The number of halogens is 2. The number of rotatable bonds is 6. The van der Waals surface area contributed by atoms with E-state index >= 15 is 0 Å². The van der Waals surface area contributed by atoms with Gasteiger partial charge in [0.2, 0.25) is 5.91 Å². The first-order valence-corrected chi connectivity index (χ1v) is 9.70. The van der Waals surface area contributed by atoms with Crippen LogP contribution >= 0.6 is 35.3 Å². The van der Waals surface area contributed by atoms with E-state index in [2.05, 4.69) is 20.2 Å². The zero-order chi connectivity index (χ0) is 19.1. The Morgan fingerprint density at radius 1 is 1.32 bits per heavy atom. The molecule has 1 aromatic carbocycles. The quantitative estimate of drug-likeness (QED) is 0.263. The van der Waals surface area contributed by atoms with Crippen molar-refractivity contribution in [1.82, 2.24) is 15.2 Å². The van der Waals surface area contributed by atoms with E-state index in [9.17, 15) is 9.18 Å². The highest BCUT2D eigenvalue weighted by atomic mass is 127. The number of nitrogens with one attached hydrogen (secondary N) is 1. The van der Waals surface area contributed by atoms with Crippen molar-refractivity contribution >= 4 is 52.3 Å². The van der Waals surface area contributed by atoms with E-state index in [1.165, 1.54) is 12.1 Å². The summed E-state index contributed by atoms with van der Waals surface area (Å²) in [5.41, 5.74) is 6.71. The Balaban J connectivity index is 0.00000280. The number of aliphatic imine (C=N–C) groups is 1. The van der Waals surface area contributed by atoms with Gasteiger partial charge in [-0.05, 0) is 17.7 Å². The van der Waals surface area contributed by atoms with Crippen LogP contribution in [0.1, 0.15) is 5.56 Å². The summed E-state index contributed by atoms with van der Waals surface area (Å²) in [7, 11) is 0. The van der Waals surface area contributed by atoms with Crippen molar-refractivity contribution in [3.05, 3.63) is 47.2 Å². The fraction of sp³-hybridized carbons (Fsp3) is 0.389. The minimum Gasteiger partial charge on any atom is -0.370 e. The highest BCUT2D eigenvalue weighted by molar-refractivity contribution is 14.0. The van der Waals surface area contributed by atoms with E-state index in [0.717, 1.165) is 31.3 Å². The molecular formula is C18H24FIN6OS. The first-order chi connectivity index (χ1) is 13.1. The van der Waals surface area contributed by atoms with Gasteiger partial charge in [-0.1, -0.05) is 12.1 Å². The lowest BCUT2D eigenvalue weighted by atomic mass is 10.1. The van der Waals surface area contributed by atoms with Gasteiger partial charge in [0.15, 0.2) is 11.1 Å². The largest absolute Gasteiger partial charge is 0.370 e. The van der Waals surface area contributed by atoms with Gasteiger partial charge in [0.1, 0.15) is 5.82 Å². The van der Waals surface area contributed by atoms with Crippen molar-refractivity contribution in [2.24, 2.45) is 10.7 Å². The minimum atomic E-state index is -0.340. The predicted molar refractivity (Wildman–Crippen MR) is 121 cm³/mol. The number of anilines is 1. The van der Waals surface area contributed by atoms with Gasteiger partial charge in [-0.2, -0.15) is 0 Å². The number of thiazole rings is 1. The van der Waals surface area contributed by atoms with Crippen LogP contribution in [-0.2, 0) is 11.2 Å². The zero-order valence-electron chi connectivity index (χ0n) is 15.4.